The monoisotopic (exact) mass is 398 g/mol. The molecule has 1 aromatic carbocycles. The van der Waals surface area contributed by atoms with E-state index in [1.165, 1.54) is 27.9 Å². The second-order valence-corrected chi connectivity index (χ2v) is 7.43. The molecule has 1 N–H and O–H groups in total. The molecule has 0 unspecified atom stereocenters. The summed E-state index contributed by atoms with van der Waals surface area (Å²) in [7, 11) is 0. The van der Waals surface area contributed by atoms with Crippen LogP contribution >= 0.6 is 0 Å². The van der Waals surface area contributed by atoms with Crippen molar-refractivity contribution in [2.45, 2.75) is 45.5 Å². The van der Waals surface area contributed by atoms with E-state index in [0.717, 1.165) is 4.68 Å². The predicted molar refractivity (Wildman–Crippen MR) is 100.0 cm³/mol. The molecule has 13 heteroatoms. The van der Waals surface area contributed by atoms with Crippen LogP contribution in [0.4, 0.5) is 0 Å². The van der Waals surface area contributed by atoms with Crippen molar-refractivity contribution >= 4 is 21.8 Å². The minimum Gasteiger partial charge on any atom is -0.389 e. The van der Waals surface area contributed by atoms with E-state index in [2.05, 4.69) is 36.0 Å². The molecule has 0 aliphatic rings. The van der Waals surface area contributed by atoms with Gasteiger partial charge in [-0.05, 0) is 38.1 Å². The Bertz CT molecular complexity index is 1300. The van der Waals surface area contributed by atoms with Crippen LogP contribution in [0.3, 0.4) is 0 Å². The highest BCUT2D eigenvalue weighted by atomic mass is 16.3. The average molecular weight is 398 g/mol. The van der Waals surface area contributed by atoms with Crippen LogP contribution in [0.2, 0.25) is 0 Å². The van der Waals surface area contributed by atoms with Gasteiger partial charge in [0.2, 0.25) is 0 Å². The summed E-state index contributed by atoms with van der Waals surface area (Å²) in [6, 6.07) is 2.56. The minimum absolute atomic E-state index is 0.0199. The van der Waals surface area contributed by atoms with Crippen molar-refractivity contribution in [3.8, 4) is 0 Å². The first-order chi connectivity index (χ1) is 13.7. The molecule has 3 aromatic heterocycles. The number of benzene rings is 1. The number of hydrogen-bond acceptors (Lipinski definition) is 10. The van der Waals surface area contributed by atoms with Crippen LogP contribution in [-0.2, 0) is 13.1 Å². The van der Waals surface area contributed by atoms with Crippen molar-refractivity contribution in [1.82, 2.24) is 50.2 Å². The first-order valence-corrected chi connectivity index (χ1v) is 8.83. The molecular formula is C16H18N10O3. The summed E-state index contributed by atoms with van der Waals surface area (Å²) in [5, 5.41) is 37.7. The highest BCUT2D eigenvalue weighted by molar-refractivity contribution is 5.93. The van der Waals surface area contributed by atoms with E-state index in [0.29, 0.717) is 0 Å². The third-order valence-corrected chi connectivity index (χ3v) is 4.30. The van der Waals surface area contributed by atoms with Gasteiger partial charge in [-0.15, -0.1) is 20.4 Å². The van der Waals surface area contributed by atoms with Gasteiger partial charge in [0.15, 0.2) is 6.33 Å². The standard InChI is InChI=1S/C16H18N10O3/c1-9(6-25-18-8-17-21-25)26-15(28)11-5-12-10(4-13(11)20-23-26)14(27)24(22-19-12)7-16(2,3)29/h4-5,8-9,29H,6-7H2,1-3H3/t9-/m1/s1. The fourth-order valence-electron chi connectivity index (χ4n) is 2.97. The summed E-state index contributed by atoms with van der Waals surface area (Å²) >= 11 is 0. The molecule has 150 valence electrons. The molecule has 0 amide bonds. The lowest BCUT2D eigenvalue weighted by Gasteiger charge is -2.17. The zero-order valence-corrected chi connectivity index (χ0v) is 16.0. The Morgan fingerprint density at radius 1 is 1.03 bits per heavy atom. The van der Waals surface area contributed by atoms with Crippen LogP contribution in [0.1, 0.15) is 26.8 Å². The second-order valence-electron chi connectivity index (χ2n) is 7.43. The van der Waals surface area contributed by atoms with E-state index in [1.54, 1.807) is 20.8 Å². The maximum absolute atomic E-state index is 12.9. The van der Waals surface area contributed by atoms with Gasteiger partial charge in [0.25, 0.3) is 11.1 Å². The van der Waals surface area contributed by atoms with Gasteiger partial charge in [-0.2, -0.15) is 4.80 Å². The summed E-state index contributed by atoms with van der Waals surface area (Å²) in [5.74, 6) is 0. The fraction of sp³-hybridized carbons (Fsp3) is 0.438. The molecule has 0 spiro atoms. The summed E-state index contributed by atoms with van der Waals surface area (Å²) < 4.78 is 2.30. The maximum Gasteiger partial charge on any atom is 0.277 e. The molecule has 0 saturated carbocycles. The van der Waals surface area contributed by atoms with E-state index in [4.69, 9.17) is 0 Å². The third kappa shape index (κ3) is 3.59. The van der Waals surface area contributed by atoms with Gasteiger partial charge in [0.05, 0.1) is 35.5 Å². The number of rotatable bonds is 5. The number of tetrazole rings is 1. The third-order valence-electron chi connectivity index (χ3n) is 4.30. The zero-order chi connectivity index (χ0) is 20.8. The van der Waals surface area contributed by atoms with Crippen LogP contribution < -0.4 is 11.1 Å². The number of aliphatic hydroxyl groups is 1. The largest absolute Gasteiger partial charge is 0.389 e. The first kappa shape index (κ1) is 18.7. The van der Waals surface area contributed by atoms with Crippen LogP contribution in [0.25, 0.3) is 21.8 Å². The smallest absolute Gasteiger partial charge is 0.277 e. The summed E-state index contributed by atoms with van der Waals surface area (Å²) in [4.78, 5) is 26.9. The summed E-state index contributed by atoms with van der Waals surface area (Å²) in [5.41, 5.74) is -1.42. The second kappa shape index (κ2) is 6.77. The maximum atomic E-state index is 12.9. The van der Waals surface area contributed by atoms with E-state index in [-0.39, 0.29) is 46.5 Å². The van der Waals surface area contributed by atoms with Crippen LogP contribution in [0.5, 0.6) is 0 Å². The molecule has 1 atom stereocenters. The number of hydrogen-bond donors (Lipinski definition) is 1. The van der Waals surface area contributed by atoms with Crippen molar-refractivity contribution in [3.63, 3.8) is 0 Å². The van der Waals surface area contributed by atoms with Crippen molar-refractivity contribution < 1.29 is 5.11 Å². The lowest BCUT2D eigenvalue weighted by molar-refractivity contribution is 0.0554. The fourth-order valence-corrected chi connectivity index (χ4v) is 2.97. The molecule has 0 radical (unpaired) electrons. The van der Waals surface area contributed by atoms with Crippen molar-refractivity contribution in [3.05, 3.63) is 39.2 Å². The van der Waals surface area contributed by atoms with Gasteiger partial charge < -0.3 is 5.11 Å². The Morgan fingerprint density at radius 3 is 2.31 bits per heavy atom. The molecule has 13 nitrogen and oxygen atoms in total. The number of nitrogens with zero attached hydrogens (tertiary/aromatic N) is 10. The topological polar surface area (TPSA) is 159 Å². The SMILES string of the molecule is C[C@H](Cn1ncnn1)n1nnc2cc3c(=O)n(CC(C)(C)O)nnc3cc2c1=O. The molecule has 0 aliphatic heterocycles. The zero-order valence-electron chi connectivity index (χ0n) is 16.0. The Morgan fingerprint density at radius 2 is 1.69 bits per heavy atom. The summed E-state index contributed by atoms with van der Waals surface area (Å²) in [6.07, 6.45) is 1.30. The van der Waals surface area contributed by atoms with Gasteiger partial charge in [-0.3, -0.25) is 9.59 Å². The quantitative estimate of drug-likeness (QED) is 0.409. The minimum atomic E-state index is -1.13. The molecule has 29 heavy (non-hydrogen) atoms. The van der Waals surface area contributed by atoms with Gasteiger partial charge in [-0.25, -0.2) is 9.36 Å². The lowest BCUT2D eigenvalue weighted by atomic mass is 10.1. The van der Waals surface area contributed by atoms with E-state index in [1.807, 2.05) is 0 Å². The average Bonchev–Trinajstić information content (AvgIpc) is 3.15. The molecule has 4 rings (SSSR count). The van der Waals surface area contributed by atoms with Gasteiger partial charge in [0.1, 0.15) is 11.0 Å². The molecular weight excluding hydrogens is 380 g/mol. The van der Waals surface area contributed by atoms with E-state index >= 15 is 0 Å². The van der Waals surface area contributed by atoms with Crippen molar-refractivity contribution in [1.29, 1.82) is 0 Å². The molecule has 0 fully saturated rings. The highest BCUT2D eigenvalue weighted by Crippen LogP contribution is 2.15. The Labute approximate surface area is 162 Å². The van der Waals surface area contributed by atoms with E-state index in [9.17, 15) is 14.7 Å². The Balaban J connectivity index is 1.80. The molecule has 4 aromatic rings. The normalized spacial score (nSPS) is 13.2. The van der Waals surface area contributed by atoms with Crippen LogP contribution in [0.15, 0.2) is 28.0 Å². The molecule has 0 bridgehead atoms. The number of aromatic nitrogens is 10. The Hall–Kier alpha value is -3.61. The predicted octanol–water partition coefficient (Wildman–Crippen LogP) is -1.08. The molecule has 0 saturated heterocycles. The Kier molecular flexibility index (Phi) is 4.38. The molecule has 0 aliphatic carbocycles. The summed E-state index contributed by atoms with van der Waals surface area (Å²) in [6.45, 7) is 5.18. The first-order valence-electron chi connectivity index (χ1n) is 8.83. The van der Waals surface area contributed by atoms with Gasteiger partial charge >= 0.3 is 0 Å². The van der Waals surface area contributed by atoms with Crippen molar-refractivity contribution in [2.24, 2.45) is 0 Å². The van der Waals surface area contributed by atoms with Crippen molar-refractivity contribution in [2.75, 3.05) is 0 Å². The van der Waals surface area contributed by atoms with Gasteiger partial charge in [-0.1, -0.05) is 10.4 Å². The van der Waals surface area contributed by atoms with Crippen LogP contribution in [-0.4, -0.2) is 60.9 Å². The van der Waals surface area contributed by atoms with Crippen LogP contribution in [0, 0.1) is 0 Å². The highest BCUT2D eigenvalue weighted by Gasteiger charge is 2.19. The van der Waals surface area contributed by atoms with E-state index < -0.39 is 11.2 Å². The van der Waals surface area contributed by atoms with Gasteiger partial charge in [0, 0.05) is 0 Å². The lowest BCUT2D eigenvalue weighted by Crippen LogP contribution is -2.35. The molecule has 3 heterocycles. The number of fused-ring (bicyclic) bond motifs is 2.